The molecule has 0 atom stereocenters. The van der Waals surface area contributed by atoms with Crippen LogP contribution < -0.4 is 10.6 Å². The predicted octanol–water partition coefficient (Wildman–Crippen LogP) is 5.10. The summed E-state index contributed by atoms with van der Waals surface area (Å²) in [6.07, 6.45) is 4.63. The molecule has 0 bridgehead atoms. The lowest BCUT2D eigenvalue weighted by atomic mass is 10.1. The van der Waals surface area contributed by atoms with Crippen LogP contribution >= 0.6 is 12.2 Å². The molecule has 0 fully saturated rings. The summed E-state index contributed by atoms with van der Waals surface area (Å²) in [4.78, 5) is 0. The van der Waals surface area contributed by atoms with Crippen molar-refractivity contribution in [1.29, 1.82) is 0 Å². The number of rotatable bonds is 3. The van der Waals surface area contributed by atoms with Gasteiger partial charge in [0, 0.05) is 29.9 Å². The number of hydrogen-bond acceptors (Lipinski definition) is 3. The van der Waals surface area contributed by atoms with Gasteiger partial charge in [0.15, 0.2) is 10.9 Å². The Morgan fingerprint density at radius 1 is 1.00 bits per heavy atom. The predicted molar refractivity (Wildman–Crippen MR) is 119 cm³/mol. The molecule has 1 aromatic heterocycles. The van der Waals surface area contributed by atoms with E-state index in [2.05, 4.69) is 69.6 Å². The topological polar surface area (TPSA) is 54.8 Å². The fourth-order valence-electron chi connectivity index (χ4n) is 3.59. The first-order chi connectivity index (χ1) is 13.6. The third-order valence-corrected chi connectivity index (χ3v) is 5.33. The van der Waals surface area contributed by atoms with Gasteiger partial charge in [-0.15, -0.1) is 10.2 Å². The minimum Gasteiger partial charge on any atom is -0.332 e. The van der Waals surface area contributed by atoms with Crippen molar-refractivity contribution in [2.24, 2.45) is 0 Å². The van der Waals surface area contributed by atoms with Crippen LogP contribution in [0.15, 0.2) is 42.5 Å². The second kappa shape index (κ2) is 8.10. The van der Waals surface area contributed by atoms with E-state index in [9.17, 15) is 0 Å². The molecule has 0 unspecified atom stereocenters. The second-order valence-corrected chi connectivity index (χ2v) is 7.79. The minimum atomic E-state index is 0.575. The molecule has 144 valence electrons. The van der Waals surface area contributed by atoms with Crippen LogP contribution in [0, 0.1) is 13.8 Å². The van der Waals surface area contributed by atoms with Crippen molar-refractivity contribution in [3.63, 3.8) is 0 Å². The molecule has 5 nitrogen and oxygen atoms in total. The molecule has 0 amide bonds. The quantitative estimate of drug-likeness (QED) is 0.609. The van der Waals surface area contributed by atoms with Crippen molar-refractivity contribution in [2.75, 3.05) is 10.6 Å². The van der Waals surface area contributed by atoms with Gasteiger partial charge in [-0.05, 0) is 68.2 Å². The lowest BCUT2D eigenvalue weighted by Gasteiger charge is -2.14. The van der Waals surface area contributed by atoms with E-state index in [0.29, 0.717) is 5.11 Å². The first-order valence-corrected chi connectivity index (χ1v) is 10.2. The highest BCUT2D eigenvalue weighted by Gasteiger charge is 2.16. The molecule has 2 N–H and O–H groups in total. The molecule has 0 saturated carbocycles. The van der Waals surface area contributed by atoms with Gasteiger partial charge in [0.1, 0.15) is 5.82 Å². The summed E-state index contributed by atoms with van der Waals surface area (Å²) in [7, 11) is 0. The van der Waals surface area contributed by atoms with Gasteiger partial charge in [-0.25, -0.2) is 0 Å². The molecule has 3 aromatic rings. The summed E-state index contributed by atoms with van der Waals surface area (Å²) >= 11 is 5.52. The molecular formula is C22H25N5S. The Balaban J connectivity index is 1.52. The van der Waals surface area contributed by atoms with Crippen LogP contribution in [0.5, 0.6) is 0 Å². The standard InChI is InChI=1S/C22H25N5S/c1-15-10-11-16(2)19(13-15)24-22(28)23-18-8-6-7-17(14-18)21-26-25-20-9-4-3-5-12-27(20)21/h6-8,10-11,13-14H,3-5,9,12H2,1-2H3,(H2,23,24,28). The molecule has 2 heterocycles. The van der Waals surface area contributed by atoms with Gasteiger partial charge in [-0.2, -0.15) is 0 Å². The van der Waals surface area contributed by atoms with Gasteiger partial charge in [0.05, 0.1) is 0 Å². The third kappa shape index (κ3) is 4.07. The zero-order chi connectivity index (χ0) is 19.5. The summed E-state index contributed by atoms with van der Waals surface area (Å²) in [5, 5.41) is 16.0. The Bertz CT molecular complexity index is 1010. The average Bonchev–Trinajstić information content (AvgIpc) is 2.93. The van der Waals surface area contributed by atoms with Gasteiger partial charge >= 0.3 is 0 Å². The lowest BCUT2D eigenvalue weighted by molar-refractivity contribution is 0.636. The van der Waals surface area contributed by atoms with E-state index in [0.717, 1.165) is 47.1 Å². The molecule has 0 saturated heterocycles. The first-order valence-electron chi connectivity index (χ1n) is 9.78. The molecule has 2 aromatic carbocycles. The van der Waals surface area contributed by atoms with Gasteiger partial charge in [0.2, 0.25) is 0 Å². The van der Waals surface area contributed by atoms with Crippen LogP contribution in [0.2, 0.25) is 0 Å². The Morgan fingerprint density at radius 3 is 2.79 bits per heavy atom. The van der Waals surface area contributed by atoms with Crippen molar-refractivity contribution >= 4 is 28.7 Å². The van der Waals surface area contributed by atoms with Crippen LogP contribution in [-0.2, 0) is 13.0 Å². The van der Waals surface area contributed by atoms with Crippen molar-refractivity contribution in [3.8, 4) is 11.4 Å². The SMILES string of the molecule is Cc1ccc(C)c(NC(=S)Nc2cccc(-c3nnc4n3CCCCC4)c2)c1. The van der Waals surface area contributed by atoms with Crippen LogP contribution in [-0.4, -0.2) is 19.9 Å². The molecule has 0 spiro atoms. The molecule has 0 aliphatic carbocycles. The second-order valence-electron chi connectivity index (χ2n) is 7.38. The molecule has 6 heteroatoms. The molecular weight excluding hydrogens is 366 g/mol. The fourth-order valence-corrected chi connectivity index (χ4v) is 3.82. The minimum absolute atomic E-state index is 0.575. The van der Waals surface area contributed by atoms with E-state index in [1.54, 1.807) is 0 Å². The normalized spacial score (nSPS) is 13.5. The zero-order valence-corrected chi connectivity index (χ0v) is 17.1. The maximum Gasteiger partial charge on any atom is 0.175 e. The maximum absolute atomic E-state index is 5.52. The highest BCUT2D eigenvalue weighted by molar-refractivity contribution is 7.80. The van der Waals surface area contributed by atoms with Crippen molar-refractivity contribution in [1.82, 2.24) is 14.8 Å². The highest BCUT2D eigenvalue weighted by atomic mass is 32.1. The smallest absolute Gasteiger partial charge is 0.175 e. The summed E-state index contributed by atoms with van der Waals surface area (Å²) in [5.74, 6) is 2.03. The number of aromatic nitrogens is 3. The number of thiocarbonyl (C=S) groups is 1. The largest absolute Gasteiger partial charge is 0.332 e. The highest BCUT2D eigenvalue weighted by Crippen LogP contribution is 2.25. The Hall–Kier alpha value is -2.73. The Labute approximate surface area is 171 Å². The Morgan fingerprint density at radius 2 is 1.89 bits per heavy atom. The van der Waals surface area contributed by atoms with Crippen molar-refractivity contribution < 1.29 is 0 Å². The van der Waals surface area contributed by atoms with E-state index in [-0.39, 0.29) is 0 Å². The summed E-state index contributed by atoms with van der Waals surface area (Å²) < 4.78 is 2.26. The number of nitrogens with zero attached hydrogens (tertiary/aromatic N) is 3. The molecule has 1 aliphatic heterocycles. The third-order valence-electron chi connectivity index (χ3n) is 5.13. The number of fused-ring (bicyclic) bond motifs is 1. The van der Waals surface area contributed by atoms with Gasteiger partial charge in [-0.1, -0.05) is 30.7 Å². The van der Waals surface area contributed by atoms with Gasteiger partial charge < -0.3 is 15.2 Å². The van der Waals surface area contributed by atoms with E-state index in [4.69, 9.17) is 12.2 Å². The van der Waals surface area contributed by atoms with Gasteiger partial charge in [0.25, 0.3) is 0 Å². The molecule has 4 rings (SSSR count). The summed E-state index contributed by atoms with van der Waals surface area (Å²) in [6, 6.07) is 14.5. The number of nitrogens with one attached hydrogen (secondary N) is 2. The first kappa shape index (κ1) is 18.6. The fraction of sp³-hybridized carbons (Fsp3) is 0.318. The van der Waals surface area contributed by atoms with E-state index < -0.39 is 0 Å². The number of hydrogen-bond donors (Lipinski definition) is 2. The van der Waals surface area contributed by atoms with Gasteiger partial charge in [-0.3, -0.25) is 0 Å². The Kier molecular flexibility index (Phi) is 5.39. The van der Waals surface area contributed by atoms with Crippen LogP contribution in [0.4, 0.5) is 11.4 Å². The summed E-state index contributed by atoms with van der Waals surface area (Å²) in [6.45, 7) is 5.13. The van der Waals surface area contributed by atoms with Crippen LogP contribution in [0.25, 0.3) is 11.4 Å². The van der Waals surface area contributed by atoms with Crippen molar-refractivity contribution in [3.05, 3.63) is 59.4 Å². The average molecular weight is 392 g/mol. The molecule has 28 heavy (non-hydrogen) atoms. The van der Waals surface area contributed by atoms with E-state index in [1.807, 2.05) is 12.1 Å². The van der Waals surface area contributed by atoms with Crippen molar-refractivity contribution in [2.45, 2.75) is 46.1 Å². The molecule has 0 radical (unpaired) electrons. The molecule has 1 aliphatic rings. The maximum atomic E-state index is 5.52. The van der Waals surface area contributed by atoms with Crippen LogP contribution in [0.1, 0.15) is 36.2 Å². The number of anilines is 2. The number of benzene rings is 2. The zero-order valence-electron chi connectivity index (χ0n) is 16.3. The summed E-state index contributed by atoms with van der Waals surface area (Å²) in [5.41, 5.74) is 5.38. The number of aryl methyl sites for hydroxylation is 3. The lowest BCUT2D eigenvalue weighted by Crippen LogP contribution is -2.19. The monoisotopic (exact) mass is 391 g/mol. The van der Waals surface area contributed by atoms with E-state index in [1.165, 1.54) is 24.8 Å². The van der Waals surface area contributed by atoms with E-state index >= 15 is 0 Å². The van der Waals surface area contributed by atoms with Crippen LogP contribution in [0.3, 0.4) is 0 Å².